The van der Waals surface area contributed by atoms with E-state index in [1.165, 1.54) is 0 Å². The second kappa shape index (κ2) is 4.66. The molecule has 0 saturated heterocycles. The first kappa shape index (κ1) is 13.7. The molecule has 0 N–H and O–H groups in total. The van der Waals surface area contributed by atoms with E-state index in [2.05, 4.69) is 20.8 Å². The van der Waals surface area contributed by atoms with Gasteiger partial charge in [-0.2, -0.15) is 0 Å². The number of carbonyl (C=O) groups excluding carboxylic acids is 2. The zero-order valence-electron chi connectivity index (χ0n) is 12.6. The molecule has 0 radical (unpaired) electrons. The van der Waals surface area contributed by atoms with E-state index in [0.29, 0.717) is 22.3 Å². The monoisotopic (exact) mass is 278 g/mol. The van der Waals surface area contributed by atoms with Crippen molar-refractivity contribution >= 4 is 11.6 Å². The Kier molecular flexibility index (Phi) is 3.05. The fraction of sp³-hybridized carbons (Fsp3) is 0.263. The van der Waals surface area contributed by atoms with Crippen LogP contribution < -0.4 is 0 Å². The van der Waals surface area contributed by atoms with Gasteiger partial charge in [-0.15, -0.1) is 0 Å². The number of rotatable bonds is 2. The van der Waals surface area contributed by atoms with Gasteiger partial charge in [0.2, 0.25) is 0 Å². The molecule has 0 unspecified atom stereocenters. The predicted octanol–water partition coefficient (Wildman–Crippen LogP) is 4.15. The van der Waals surface area contributed by atoms with Crippen molar-refractivity contribution in [2.45, 2.75) is 32.6 Å². The van der Waals surface area contributed by atoms with Gasteiger partial charge >= 0.3 is 0 Å². The van der Waals surface area contributed by atoms with Crippen LogP contribution in [0, 0.1) is 0 Å². The summed E-state index contributed by atoms with van der Waals surface area (Å²) < 4.78 is 0. The van der Waals surface area contributed by atoms with E-state index in [1.807, 2.05) is 18.2 Å². The summed E-state index contributed by atoms with van der Waals surface area (Å²) in [6, 6.07) is 12.7. The highest BCUT2D eigenvalue weighted by molar-refractivity contribution is 6.28. The van der Waals surface area contributed by atoms with Gasteiger partial charge in [0.1, 0.15) is 0 Å². The van der Waals surface area contributed by atoms with Crippen LogP contribution in [0.5, 0.6) is 0 Å². The molecular weight excluding hydrogens is 260 g/mol. The lowest BCUT2D eigenvalue weighted by atomic mass is 9.73. The summed E-state index contributed by atoms with van der Waals surface area (Å²) in [5.41, 5.74) is 3.00. The molecule has 0 heterocycles. The van der Waals surface area contributed by atoms with Gasteiger partial charge in [-0.25, -0.2) is 0 Å². The van der Waals surface area contributed by atoms with E-state index in [4.69, 9.17) is 0 Å². The Morgan fingerprint density at radius 1 is 0.810 bits per heavy atom. The molecule has 2 aromatic rings. The fourth-order valence-corrected chi connectivity index (χ4v) is 2.90. The normalized spacial score (nSPS) is 13.9. The molecule has 2 aromatic carbocycles. The highest BCUT2D eigenvalue weighted by Crippen LogP contribution is 2.36. The van der Waals surface area contributed by atoms with Crippen LogP contribution in [-0.4, -0.2) is 11.6 Å². The summed E-state index contributed by atoms with van der Waals surface area (Å²) in [7, 11) is 0. The summed E-state index contributed by atoms with van der Waals surface area (Å²) in [5.74, 6) is -0.0775. The van der Waals surface area contributed by atoms with Crippen LogP contribution in [0.15, 0.2) is 42.5 Å². The van der Waals surface area contributed by atoms with Crippen molar-refractivity contribution in [1.29, 1.82) is 0 Å². The highest BCUT2D eigenvalue weighted by atomic mass is 16.1. The van der Waals surface area contributed by atoms with E-state index in [0.717, 1.165) is 12.0 Å². The first-order chi connectivity index (χ1) is 9.97. The maximum absolute atomic E-state index is 12.9. The van der Waals surface area contributed by atoms with Gasteiger partial charge in [0, 0.05) is 22.3 Å². The lowest BCUT2D eigenvalue weighted by Crippen LogP contribution is -2.27. The van der Waals surface area contributed by atoms with Crippen LogP contribution >= 0.6 is 0 Å². The lowest BCUT2D eigenvalue weighted by Gasteiger charge is -2.29. The van der Waals surface area contributed by atoms with Crippen molar-refractivity contribution < 1.29 is 9.59 Å². The van der Waals surface area contributed by atoms with Gasteiger partial charge in [0.15, 0.2) is 11.6 Å². The molecule has 106 valence electrons. The lowest BCUT2D eigenvalue weighted by molar-refractivity contribution is 0.0977. The number of carbonyl (C=O) groups is 2. The number of ketones is 2. The average molecular weight is 278 g/mol. The molecule has 0 amide bonds. The molecule has 2 heteroatoms. The van der Waals surface area contributed by atoms with Crippen molar-refractivity contribution in [3.63, 3.8) is 0 Å². The molecule has 0 fully saturated rings. The first-order valence-electron chi connectivity index (χ1n) is 7.29. The molecule has 0 spiro atoms. The molecule has 2 nitrogen and oxygen atoms in total. The van der Waals surface area contributed by atoms with Crippen LogP contribution in [0.2, 0.25) is 0 Å². The largest absolute Gasteiger partial charge is 0.289 e. The standard InChI is InChI=1S/C19H18O2/c1-4-19(2,3)15-11-7-10-14-16(15)18(21)13-9-6-5-8-12(13)17(14)20/h5-11H,4H2,1-3H3. The minimum absolute atomic E-state index is 0.0303. The summed E-state index contributed by atoms with van der Waals surface area (Å²) in [6.45, 7) is 6.32. The van der Waals surface area contributed by atoms with Crippen LogP contribution in [0.4, 0.5) is 0 Å². The van der Waals surface area contributed by atoms with Gasteiger partial charge in [-0.1, -0.05) is 63.2 Å². The van der Waals surface area contributed by atoms with Crippen molar-refractivity contribution in [2.75, 3.05) is 0 Å². The van der Waals surface area contributed by atoms with Crippen molar-refractivity contribution in [2.24, 2.45) is 0 Å². The molecule has 1 aliphatic carbocycles. The zero-order valence-corrected chi connectivity index (χ0v) is 12.6. The summed E-state index contributed by atoms with van der Waals surface area (Å²) in [5, 5.41) is 0. The Morgan fingerprint density at radius 2 is 1.38 bits per heavy atom. The number of hydrogen-bond acceptors (Lipinski definition) is 2. The van der Waals surface area contributed by atoms with E-state index in [9.17, 15) is 9.59 Å². The second-order valence-electron chi connectivity index (χ2n) is 6.17. The van der Waals surface area contributed by atoms with Gasteiger partial charge < -0.3 is 0 Å². The SMILES string of the molecule is CCC(C)(C)c1cccc2c1C(=O)c1ccccc1C2=O. The minimum atomic E-state index is -0.131. The molecule has 0 bridgehead atoms. The van der Waals surface area contributed by atoms with Crippen molar-refractivity contribution in [3.05, 3.63) is 70.3 Å². The molecule has 0 aromatic heterocycles. The Hall–Kier alpha value is -2.22. The van der Waals surface area contributed by atoms with Crippen molar-refractivity contribution in [1.82, 2.24) is 0 Å². The van der Waals surface area contributed by atoms with Crippen molar-refractivity contribution in [3.8, 4) is 0 Å². The van der Waals surface area contributed by atoms with Gasteiger partial charge in [0.05, 0.1) is 0 Å². The molecule has 0 aliphatic heterocycles. The number of benzene rings is 2. The molecule has 3 rings (SSSR count). The van der Waals surface area contributed by atoms with Crippen LogP contribution in [-0.2, 0) is 5.41 Å². The summed E-state index contributed by atoms with van der Waals surface area (Å²) >= 11 is 0. The second-order valence-corrected chi connectivity index (χ2v) is 6.17. The maximum atomic E-state index is 12.9. The molecule has 0 saturated carbocycles. The third-order valence-corrected chi connectivity index (χ3v) is 4.57. The van der Waals surface area contributed by atoms with Crippen LogP contribution in [0.3, 0.4) is 0 Å². The van der Waals surface area contributed by atoms with E-state index >= 15 is 0 Å². The first-order valence-corrected chi connectivity index (χ1v) is 7.29. The summed E-state index contributed by atoms with van der Waals surface area (Å²) in [4.78, 5) is 25.6. The van der Waals surface area contributed by atoms with Crippen LogP contribution in [0.25, 0.3) is 0 Å². The zero-order chi connectivity index (χ0) is 15.2. The smallest absolute Gasteiger partial charge is 0.194 e. The maximum Gasteiger partial charge on any atom is 0.194 e. The van der Waals surface area contributed by atoms with Crippen LogP contribution in [0.1, 0.15) is 64.6 Å². The molecule has 1 aliphatic rings. The molecule has 21 heavy (non-hydrogen) atoms. The highest BCUT2D eigenvalue weighted by Gasteiger charge is 2.34. The average Bonchev–Trinajstić information content (AvgIpc) is 2.52. The van der Waals surface area contributed by atoms with Gasteiger partial charge in [-0.05, 0) is 17.4 Å². The Balaban J connectivity index is 2.31. The fourth-order valence-electron chi connectivity index (χ4n) is 2.90. The number of hydrogen-bond donors (Lipinski definition) is 0. The van der Waals surface area contributed by atoms with Gasteiger partial charge in [0.25, 0.3) is 0 Å². The predicted molar refractivity (Wildman–Crippen MR) is 83.1 cm³/mol. The quantitative estimate of drug-likeness (QED) is 0.705. The third kappa shape index (κ3) is 1.94. The molecular formula is C19H18O2. The number of fused-ring (bicyclic) bond motifs is 2. The topological polar surface area (TPSA) is 34.1 Å². The summed E-state index contributed by atoms with van der Waals surface area (Å²) in [6.07, 6.45) is 0.909. The third-order valence-electron chi connectivity index (χ3n) is 4.57. The van der Waals surface area contributed by atoms with E-state index in [1.54, 1.807) is 24.3 Å². The van der Waals surface area contributed by atoms with E-state index in [-0.39, 0.29) is 17.0 Å². The Morgan fingerprint density at radius 3 is 2.00 bits per heavy atom. The minimum Gasteiger partial charge on any atom is -0.289 e. The Labute approximate surface area is 124 Å². The van der Waals surface area contributed by atoms with Gasteiger partial charge in [-0.3, -0.25) is 9.59 Å². The van der Waals surface area contributed by atoms with E-state index < -0.39 is 0 Å². The Bertz CT molecular complexity index is 754. The molecule has 0 atom stereocenters.